The number of ketones is 1. The molecule has 1 unspecified atom stereocenters. The van der Waals surface area contributed by atoms with Crippen LogP contribution in [0.25, 0.3) is 16.7 Å². The Labute approximate surface area is 190 Å². The van der Waals surface area contributed by atoms with Crippen molar-refractivity contribution in [2.24, 2.45) is 0 Å². The minimum atomic E-state index is -0.850. The van der Waals surface area contributed by atoms with Gasteiger partial charge in [-0.1, -0.05) is 48.5 Å². The van der Waals surface area contributed by atoms with Crippen molar-refractivity contribution in [1.82, 2.24) is 4.98 Å². The molecule has 2 N–H and O–H groups in total. The molecule has 1 aromatic heterocycles. The first-order valence-corrected chi connectivity index (χ1v) is 10.6. The number of nitrogens with zero attached hydrogens (tertiary/aromatic N) is 1. The van der Waals surface area contributed by atoms with Gasteiger partial charge in [0.05, 0.1) is 18.7 Å². The lowest BCUT2D eigenvalue weighted by Gasteiger charge is -2.26. The van der Waals surface area contributed by atoms with E-state index in [0.29, 0.717) is 22.6 Å². The van der Waals surface area contributed by atoms with Gasteiger partial charge < -0.3 is 14.8 Å². The van der Waals surface area contributed by atoms with Gasteiger partial charge in [0.15, 0.2) is 0 Å². The highest BCUT2D eigenvalue weighted by Gasteiger charge is 2.48. The third-order valence-electron chi connectivity index (χ3n) is 6.00. The van der Waals surface area contributed by atoms with Crippen molar-refractivity contribution in [2.75, 3.05) is 12.0 Å². The van der Waals surface area contributed by atoms with Crippen LogP contribution in [0.2, 0.25) is 0 Å². The number of hydrogen-bond acceptors (Lipinski definition) is 4. The van der Waals surface area contributed by atoms with Crippen LogP contribution in [-0.4, -0.2) is 28.9 Å². The van der Waals surface area contributed by atoms with Crippen LogP contribution < -0.4 is 9.64 Å². The van der Waals surface area contributed by atoms with E-state index in [1.807, 2.05) is 61.5 Å². The van der Waals surface area contributed by atoms with Crippen molar-refractivity contribution in [3.05, 3.63) is 101 Å². The van der Waals surface area contributed by atoms with Crippen LogP contribution in [0, 0.1) is 6.92 Å². The molecule has 1 saturated heterocycles. The van der Waals surface area contributed by atoms with Gasteiger partial charge in [-0.2, -0.15) is 0 Å². The number of carbonyl (C=O) groups is 2. The van der Waals surface area contributed by atoms with Gasteiger partial charge in [0.2, 0.25) is 0 Å². The normalized spacial score (nSPS) is 17.6. The van der Waals surface area contributed by atoms with Crippen LogP contribution in [0.1, 0.15) is 22.7 Å². The first kappa shape index (κ1) is 20.6. The predicted octanol–water partition coefficient (Wildman–Crippen LogP) is 5.11. The molecule has 0 spiro atoms. The number of fused-ring (bicyclic) bond motifs is 1. The van der Waals surface area contributed by atoms with E-state index >= 15 is 0 Å². The van der Waals surface area contributed by atoms with E-state index in [1.54, 1.807) is 24.4 Å². The summed E-state index contributed by atoms with van der Waals surface area (Å²) in [7, 11) is 1.54. The fourth-order valence-corrected chi connectivity index (χ4v) is 4.48. The molecule has 6 nitrogen and oxygen atoms in total. The minimum Gasteiger partial charge on any atom is -0.507 e. The molecule has 6 heteroatoms. The summed E-state index contributed by atoms with van der Waals surface area (Å²) >= 11 is 0. The van der Waals surface area contributed by atoms with Crippen LogP contribution >= 0.6 is 0 Å². The summed E-state index contributed by atoms with van der Waals surface area (Å²) in [5, 5.41) is 12.2. The Morgan fingerprint density at radius 2 is 1.76 bits per heavy atom. The lowest BCUT2D eigenvalue weighted by atomic mass is 9.94. The maximum Gasteiger partial charge on any atom is 0.300 e. The van der Waals surface area contributed by atoms with Crippen molar-refractivity contribution in [3.8, 4) is 5.75 Å². The molecule has 33 heavy (non-hydrogen) atoms. The first-order chi connectivity index (χ1) is 16.0. The molecule has 5 rings (SSSR count). The monoisotopic (exact) mass is 438 g/mol. The molecule has 1 fully saturated rings. The second-order valence-electron chi connectivity index (χ2n) is 8.00. The number of aromatic amines is 1. The Morgan fingerprint density at radius 3 is 2.55 bits per heavy atom. The van der Waals surface area contributed by atoms with Gasteiger partial charge >= 0.3 is 0 Å². The summed E-state index contributed by atoms with van der Waals surface area (Å²) < 4.78 is 5.57. The van der Waals surface area contributed by atoms with E-state index in [1.165, 1.54) is 12.0 Å². The molecule has 3 aromatic carbocycles. The third kappa shape index (κ3) is 3.27. The van der Waals surface area contributed by atoms with E-state index in [-0.39, 0.29) is 11.3 Å². The molecular formula is C27H22N2O4. The quantitative estimate of drug-likeness (QED) is 0.263. The number of nitrogens with one attached hydrogen (secondary N) is 1. The number of Topliss-reactive ketones (excluding diaryl/α,β-unsaturated/α-hetero) is 1. The molecule has 0 bridgehead atoms. The molecule has 164 valence electrons. The van der Waals surface area contributed by atoms with E-state index in [4.69, 9.17) is 4.74 Å². The molecule has 2 heterocycles. The molecule has 0 aliphatic carbocycles. The molecule has 4 aromatic rings. The van der Waals surface area contributed by atoms with Gasteiger partial charge in [0.25, 0.3) is 11.7 Å². The molecule has 0 saturated carbocycles. The van der Waals surface area contributed by atoms with Crippen molar-refractivity contribution in [1.29, 1.82) is 0 Å². The summed E-state index contributed by atoms with van der Waals surface area (Å²) in [5.74, 6) is -1.14. The van der Waals surface area contributed by atoms with Crippen molar-refractivity contribution in [2.45, 2.75) is 13.0 Å². The second-order valence-corrected chi connectivity index (χ2v) is 8.00. The summed E-state index contributed by atoms with van der Waals surface area (Å²) in [6.45, 7) is 1.92. The zero-order chi connectivity index (χ0) is 23.1. The lowest BCUT2D eigenvalue weighted by Crippen LogP contribution is -2.29. The standard InChI is InChI=1S/C27H22N2O4/c1-16-8-7-9-17(14-16)29-24(19-11-4-6-13-22(19)33-2)23(26(31)27(29)32)25(30)20-15-28-21-12-5-3-10-18(20)21/h3-15,24,28,30H,1-2H3/b25-23+. The summed E-state index contributed by atoms with van der Waals surface area (Å²) in [6.07, 6.45) is 1.65. The summed E-state index contributed by atoms with van der Waals surface area (Å²) in [4.78, 5) is 31.3. The van der Waals surface area contributed by atoms with Gasteiger partial charge in [-0.05, 0) is 36.8 Å². The average Bonchev–Trinajstić information content (AvgIpc) is 3.38. The Balaban J connectivity index is 1.80. The van der Waals surface area contributed by atoms with E-state index in [0.717, 1.165) is 16.5 Å². The third-order valence-corrected chi connectivity index (χ3v) is 6.00. The number of aliphatic hydroxyl groups is 1. The Hall–Kier alpha value is -4.32. The Bertz CT molecular complexity index is 1430. The maximum absolute atomic E-state index is 13.4. The number of aromatic nitrogens is 1. The highest BCUT2D eigenvalue weighted by molar-refractivity contribution is 6.51. The molecular weight excluding hydrogens is 416 g/mol. The van der Waals surface area contributed by atoms with Gasteiger partial charge in [-0.25, -0.2) is 0 Å². The number of hydrogen-bond donors (Lipinski definition) is 2. The number of aliphatic hydroxyl groups excluding tert-OH is 1. The van der Waals surface area contributed by atoms with Crippen LogP contribution in [0.15, 0.2) is 84.6 Å². The van der Waals surface area contributed by atoms with Crippen LogP contribution in [0.5, 0.6) is 5.75 Å². The fourth-order valence-electron chi connectivity index (χ4n) is 4.48. The highest BCUT2D eigenvalue weighted by atomic mass is 16.5. The number of methoxy groups -OCH3 is 1. The first-order valence-electron chi connectivity index (χ1n) is 10.6. The number of anilines is 1. The zero-order valence-corrected chi connectivity index (χ0v) is 18.2. The predicted molar refractivity (Wildman–Crippen MR) is 127 cm³/mol. The summed E-state index contributed by atoms with van der Waals surface area (Å²) in [5.41, 5.74) is 3.45. The number of carbonyl (C=O) groups excluding carboxylic acids is 2. The van der Waals surface area contributed by atoms with E-state index in [9.17, 15) is 14.7 Å². The van der Waals surface area contributed by atoms with Crippen molar-refractivity contribution >= 4 is 34.0 Å². The second kappa shape index (κ2) is 7.98. The molecule has 1 aliphatic rings. The number of rotatable bonds is 4. The number of benzene rings is 3. The van der Waals surface area contributed by atoms with Gasteiger partial charge in [-0.15, -0.1) is 0 Å². The Kier molecular flexibility index (Phi) is 4.98. The van der Waals surface area contributed by atoms with Gasteiger partial charge in [-0.3, -0.25) is 14.5 Å². The largest absolute Gasteiger partial charge is 0.507 e. The summed E-state index contributed by atoms with van der Waals surface area (Å²) in [6, 6.07) is 21.2. The molecule has 0 radical (unpaired) electrons. The van der Waals surface area contributed by atoms with E-state index in [2.05, 4.69) is 4.98 Å². The maximum atomic E-state index is 13.4. The fraction of sp³-hybridized carbons (Fsp3) is 0.111. The molecule has 1 amide bonds. The van der Waals surface area contributed by atoms with E-state index < -0.39 is 17.7 Å². The van der Waals surface area contributed by atoms with Crippen LogP contribution in [0.4, 0.5) is 5.69 Å². The highest BCUT2D eigenvalue weighted by Crippen LogP contribution is 2.45. The number of ether oxygens (including phenoxy) is 1. The van der Waals surface area contributed by atoms with Crippen molar-refractivity contribution < 1.29 is 19.4 Å². The van der Waals surface area contributed by atoms with Gasteiger partial charge in [0.1, 0.15) is 11.5 Å². The Morgan fingerprint density at radius 1 is 1.00 bits per heavy atom. The lowest BCUT2D eigenvalue weighted by molar-refractivity contribution is -0.132. The number of H-pyrrole nitrogens is 1. The zero-order valence-electron chi connectivity index (χ0n) is 18.2. The molecule has 1 atom stereocenters. The molecule has 1 aliphatic heterocycles. The average molecular weight is 438 g/mol. The topological polar surface area (TPSA) is 82.6 Å². The minimum absolute atomic E-state index is 0.0239. The number of aryl methyl sites for hydroxylation is 1. The van der Waals surface area contributed by atoms with Gasteiger partial charge in [0, 0.05) is 33.9 Å². The number of amides is 1. The number of para-hydroxylation sites is 2. The van der Waals surface area contributed by atoms with Crippen LogP contribution in [-0.2, 0) is 9.59 Å². The SMILES string of the molecule is COc1ccccc1C1/C(=C(\O)c2c[nH]c3ccccc23)C(=O)C(=O)N1c1cccc(C)c1. The van der Waals surface area contributed by atoms with Crippen LogP contribution in [0.3, 0.4) is 0 Å². The smallest absolute Gasteiger partial charge is 0.300 e. The van der Waals surface area contributed by atoms with Crippen molar-refractivity contribution in [3.63, 3.8) is 0 Å².